The molecule has 1 aromatic carbocycles. The summed E-state index contributed by atoms with van der Waals surface area (Å²) in [5, 5.41) is 0. The van der Waals surface area contributed by atoms with E-state index in [1.54, 1.807) is 0 Å². The van der Waals surface area contributed by atoms with Crippen molar-refractivity contribution in [2.45, 2.75) is 26.2 Å². The normalized spacial score (nSPS) is 13.2. The minimum absolute atomic E-state index is 0.193. The largest absolute Gasteiger partial charge is 0.369 e. The van der Waals surface area contributed by atoms with E-state index in [1.807, 2.05) is 44.2 Å². The minimum Gasteiger partial charge on any atom is -0.369 e. The van der Waals surface area contributed by atoms with Crippen LogP contribution in [0, 0.1) is 5.92 Å². The van der Waals surface area contributed by atoms with E-state index in [2.05, 4.69) is 0 Å². The summed E-state index contributed by atoms with van der Waals surface area (Å²) in [5.41, 5.74) is 5.67. The first kappa shape index (κ1) is 12.4. The van der Waals surface area contributed by atoms with Crippen LogP contribution in [-0.2, 0) is 15.0 Å². The van der Waals surface area contributed by atoms with Gasteiger partial charge in [0.15, 0.2) is 0 Å². The van der Waals surface area contributed by atoms with Gasteiger partial charge in [-0.2, -0.15) is 0 Å². The zero-order chi connectivity index (χ0) is 12.3. The highest BCUT2D eigenvalue weighted by Crippen LogP contribution is 2.32. The number of nitrogens with two attached hydrogens (primary N) is 1. The molecule has 1 rings (SSSR count). The van der Waals surface area contributed by atoms with Crippen molar-refractivity contribution >= 4 is 11.7 Å². The highest BCUT2D eigenvalue weighted by Gasteiger charge is 2.38. The Morgan fingerprint density at radius 2 is 1.69 bits per heavy atom. The number of benzene rings is 1. The lowest BCUT2D eigenvalue weighted by molar-refractivity contribution is -0.133. The van der Waals surface area contributed by atoms with Crippen LogP contribution in [0.15, 0.2) is 30.3 Å². The van der Waals surface area contributed by atoms with E-state index in [0.717, 1.165) is 5.56 Å². The smallest absolute Gasteiger partial charge is 0.228 e. The molecule has 0 saturated heterocycles. The van der Waals surface area contributed by atoms with Crippen molar-refractivity contribution in [2.24, 2.45) is 11.7 Å². The van der Waals surface area contributed by atoms with Crippen LogP contribution in [0.4, 0.5) is 0 Å². The lowest BCUT2D eigenvalue weighted by Crippen LogP contribution is -2.43. The molecular weight excluding hydrogens is 202 g/mol. The molecule has 16 heavy (non-hydrogen) atoms. The fourth-order valence-electron chi connectivity index (χ4n) is 2.10. The Balaban J connectivity index is 3.18. The second-order valence-corrected chi connectivity index (χ2v) is 4.53. The van der Waals surface area contributed by atoms with Crippen LogP contribution in [0.2, 0.25) is 0 Å². The summed E-state index contributed by atoms with van der Waals surface area (Å²) in [6, 6.07) is 9.47. The van der Waals surface area contributed by atoms with E-state index >= 15 is 0 Å². The Morgan fingerprint density at radius 3 is 2.06 bits per heavy atom. The van der Waals surface area contributed by atoms with Crippen molar-refractivity contribution in [1.82, 2.24) is 0 Å². The molecule has 0 fully saturated rings. The van der Waals surface area contributed by atoms with Gasteiger partial charge in [-0.05, 0) is 12.5 Å². The van der Waals surface area contributed by atoms with Crippen molar-refractivity contribution in [3.05, 3.63) is 35.9 Å². The molecule has 3 nitrogen and oxygen atoms in total. The van der Waals surface area contributed by atoms with E-state index in [4.69, 9.17) is 5.73 Å². The van der Waals surface area contributed by atoms with Crippen LogP contribution in [0.1, 0.15) is 26.3 Å². The monoisotopic (exact) mass is 219 g/mol. The molecule has 3 heteroatoms. The molecule has 1 aromatic rings. The number of Topliss-reactive ketones (excluding diaryl/α,β-unsaturated/α-hetero) is 1. The first-order valence-electron chi connectivity index (χ1n) is 5.22. The van der Waals surface area contributed by atoms with Gasteiger partial charge in [0.25, 0.3) is 0 Å². The van der Waals surface area contributed by atoms with Crippen LogP contribution in [0.5, 0.6) is 0 Å². The number of hydrogen-bond donors (Lipinski definition) is 1. The summed E-state index contributed by atoms with van der Waals surface area (Å²) < 4.78 is 0. The average molecular weight is 219 g/mol. The molecular formula is C13H17NO2. The Bertz CT molecular complexity index is 382. The highest BCUT2D eigenvalue weighted by molar-refractivity contribution is 6.01. The average Bonchev–Trinajstić information content (AvgIpc) is 2.17. The van der Waals surface area contributed by atoms with E-state index in [0.29, 0.717) is 0 Å². The summed E-state index contributed by atoms with van der Waals surface area (Å²) >= 11 is 0. The number of carbonyl (C=O) groups excluding carboxylic acids is 2. The molecule has 0 aliphatic heterocycles. The van der Waals surface area contributed by atoms with Crippen molar-refractivity contribution in [2.75, 3.05) is 0 Å². The Labute approximate surface area is 95.6 Å². The van der Waals surface area contributed by atoms with Gasteiger partial charge >= 0.3 is 0 Å². The van der Waals surface area contributed by atoms with Gasteiger partial charge < -0.3 is 5.73 Å². The first-order valence-corrected chi connectivity index (χ1v) is 5.22. The van der Waals surface area contributed by atoms with Gasteiger partial charge in [-0.1, -0.05) is 44.2 Å². The number of ketones is 1. The third-order valence-electron chi connectivity index (χ3n) is 2.93. The number of carbonyl (C=O) groups is 2. The van der Waals surface area contributed by atoms with Crippen LogP contribution in [0.3, 0.4) is 0 Å². The third kappa shape index (κ3) is 2.30. The zero-order valence-electron chi connectivity index (χ0n) is 9.86. The first-order chi connectivity index (χ1) is 7.37. The molecule has 1 amide bonds. The molecule has 0 aliphatic carbocycles. The second-order valence-electron chi connectivity index (χ2n) is 4.53. The number of hydrogen-bond acceptors (Lipinski definition) is 2. The summed E-state index contributed by atoms with van der Waals surface area (Å²) in [5.74, 6) is -1.54. The van der Waals surface area contributed by atoms with Gasteiger partial charge in [-0.25, -0.2) is 0 Å². The lowest BCUT2D eigenvalue weighted by atomic mass is 9.71. The zero-order valence-corrected chi connectivity index (χ0v) is 9.86. The van der Waals surface area contributed by atoms with Crippen molar-refractivity contribution in [3.63, 3.8) is 0 Å². The summed E-state index contributed by atoms with van der Waals surface area (Å²) in [6.45, 7) is 5.12. The molecule has 1 unspecified atom stereocenters. The molecule has 1 atom stereocenters. The Hall–Kier alpha value is -1.64. The Kier molecular flexibility index (Phi) is 3.48. The fraction of sp³-hybridized carbons (Fsp3) is 0.385. The van der Waals surface area contributed by atoms with Gasteiger partial charge in [0.2, 0.25) is 5.91 Å². The van der Waals surface area contributed by atoms with Gasteiger partial charge in [0, 0.05) is 5.41 Å². The molecule has 2 N–H and O–H groups in total. The predicted molar refractivity (Wildman–Crippen MR) is 62.8 cm³/mol. The second kappa shape index (κ2) is 4.47. The summed E-state index contributed by atoms with van der Waals surface area (Å²) in [6.07, 6.45) is 0. The van der Waals surface area contributed by atoms with Crippen LogP contribution in [0.25, 0.3) is 0 Å². The van der Waals surface area contributed by atoms with Crippen molar-refractivity contribution < 1.29 is 9.59 Å². The molecule has 0 aromatic heterocycles. The van der Waals surface area contributed by atoms with Gasteiger partial charge in [-0.3, -0.25) is 9.59 Å². The SMILES string of the molecule is CC(=O)C(C(N)=O)C(C)(C)c1ccccc1. The van der Waals surface area contributed by atoms with Crippen LogP contribution in [-0.4, -0.2) is 11.7 Å². The minimum atomic E-state index is -0.783. The quantitative estimate of drug-likeness (QED) is 0.783. The number of rotatable bonds is 4. The predicted octanol–water partition coefficient (Wildman–Crippen LogP) is 1.65. The maximum absolute atomic E-state index is 11.5. The molecule has 0 heterocycles. The van der Waals surface area contributed by atoms with E-state index in [-0.39, 0.29) is 5.78 Å². The topological polar surface area (TPSA) is 60.2 Å². The molecule has 0 saturated carbocycles. The summed E-state index contributed by atoms with van der Waals surface area (Å²) in [4.78, 5) is 22.9. The molecule has 0 aliphatic rings. The standard InChI is InChI=1S/C13H17NO2/c1-9(15)11(12(14)16)13(2,3)10-7-5-4-6-8-10/h4-8,11H,1-3H3,(H2,14,16). The maximum Gasteiger partial charge on any atom is 0.228 e. The van der Waals surface area contributed by atoms with Gasteiger partial charge in [-0.15, -0.1) is 0 Å². The number of amides is 1. The van der Waals surface area contributed by atoms with Gasteiger partial charge in [0.1, 0.15) is 11.7 Å². The van der Waals surface area contributed by atoms with Crippen LogP contribution < -0.4 is 5.73 Å². The van der Waals surface area contributed by atoms with E-state index < -0.39 is 17.2 Å². The van der Waals surface area contributed by atoms with Gasteiger partial charge in [0.05, 0.1) is 0 Å². The van der Waals surface area contributed by atoms with Crippen LogP contribution >= 0.6 is 0 Å². The molecule has 0 radical (unpaired) electrons. The summed E-state index contributed by atoms with van der Waals surface area (Å²) in [7, 11) is 0. The third-order valence-corrected chi connectivity index (χ3v) is 2.93. The number of primary amides is 1. The van der Waals surface area contributed by atoms with E-state index in [9.17, 15) is 9.59 Å². The van der Waals surface area contributed by atoms with Crippen molar-refractivity contribution in [3.8, 4) is 0 Å². The lowest BCUT2D eigenvalue weighted by Gasteiger charge is -2.31. The Morgan fingerprint density at radius 1 is 1.19 bits per heavy atom. The molecule has 0 bridgehead atoms. The van der Waals surface area contributed by atoms with E-state index in [1.165, 1.54) is 6.92 Å². The highest BCUT2D eigenvalue weighted by atomic mass is 16.2. The fourth-order valence-corrected chi connectivity index (χ4v) is 2.10. The maximum atomic E-state index is 11.5. The van der Waals surface area contributed by atoms with Crippen molar-refractivity contribution in [1.29, 1.82) is 0 Å². The molecule has 86 valence electrons. The molecule has 0 spiro atoms.